The molecular weight excluding hydrogens is 148 g/mol. The summed E-state index contributed by atoms with van der Waals surface area (Å²) in [6, 6.07) is -0.407. The van der Waals surface area contributed by atoms with E-state index in [1.54, 1.807) is 6.92 Å². The van der Waals surface area contributed by atoms with Gasteiger partial charge in [0.15, 0.2) is 0 Å². The molecule has 0 saturated heterocycles. The zero-order valence-corrected chi connectivity index (χ0v) is 6.34. The number of halogens is 3. The molecule has 0 bridgehead atoms. The molecule has 0 aromatic heterocycles. The van der Waals surface area contributed by atoms with Crippen molar-refractivity contribution >= 4 is 12.4 Å². The first kappa shape index (κ1) is 11.9. The highest BCUT2D eigenvalue weighted by molar-refractivity contribution is 5.85. The van der Waals surface area contributed by atoms with Gasteiger partial charge in [-0.15, -0.1) is 12.4 Å². The van der Waals surface area contributed by atoms with Crippen molar-refractivity contribution in [2.45, 2.75) is 32.2 Å². The van der Waals surface area contributed by atoms with Crippen molar-refractivity contribution in [3.63, 3.8) is 0 Å². The lowest BCUT2D eigenvalue weighted by Crippen LogP contribution is -2.24. The van der Waals surface area contributed by atoms with Gasteiger partial charge >= 0.3 is 0 Å². The van der Waals surface area contributed by atoms with Gasteiger partial charge in [0, 0.05) is 12.5 Å². The summed E-state index contributed by atoms with van der Waals surface area (Å²) in [6.07, 6.45) is -0.229. The zero-order valence-electron chi connectivity index (χ0n) is 5.53. The van der Waals surface area contributed by atoms with Gasteiger partial charge in [-0.3, -0.25) is 0 Å². The van der Waals surface area contributed by atoms with Crippen LogP contribution in [-0.4, -0.2) is 12.0 Å². The quantitative estimate of drug-likeness (QED) is 0.654. The average molecular weight is 160 g/mol. The van der Waals surface area contributed by atoms with Crippen molar-refractivity contribution in [3.05, 3.63) is 0 Å². The number of alkyl halides is 2. The standard InChI is InChI=1S/C5H11F2N.ClH/c1-4(8)3-5(2,6)7;/h4H,3,8H2,1-2H3;1H. The van der Waals surface area contributed by atoms with E-state index in [2.05, 4.69) is 0 Å². The summed E-state index contributed by atoms with van der Waals surface area (Å²) in [4.78, 5) is 0. The van der Waals surface area contributed by atoms with Gasteiger partial charge in [0.2, 0.25) is 5.92 Å². The lowest BCUT2D eigenvalue weighted by molar-refractivity contribution is 0.00801. The third kappa shape index (κ3) is 11.6. The van der Waals surface area contributed by atoms with E-state index in [-0.39, 0.29) is 18.8 Å². The normalized spacial score (nSPS) is 14.3. The fraction of sp³-hybridized carbons (Fsp3) is 1.00. The Balaban J connectivity index is 0. The second-order valence-electron chi connectivity index (χ2n) is 2.25. The fourth-order valence-electron chi connectivity index (χ4n) is 0.565. The monoisotopic (exact) mass is 159 g/mol. The Morgan fingerprint density at radius 3 is 1.89 bits per heavy atom. The molecule has 0 fully saturated rings. The van der Waals surface area contributed by atoms with E-state index in [4.69, 9.17) is 5.73 Å². The van der Waals surface area contributed by atoms with E-state index in [9.17, 15) is 8.78 Å². The Bertz CT molecular complexity index is 69.8. The van der Waals surface area contributed by atoms with E-state index in [0.29, 0.717) is 0 Å². The van der Waals surface area contributed by atoms with Gasteiger partial charge in [-0.05, 0) is 13.8 Å². The van der Waals surface area contributed by atoms with Crippen LogP contribution in [0.1, 0.15) is 20.3 Å². The maximum atomic E-state index is 11.9. The van der Waals surface area contributed by atoms with Gasteiger partial charge in [0.1, 0.15) is 0 Å². The molecule has 0 heterocycles. The highest BCUT2D eigenvalue weighted by Gasteiger charge is 2.22. The Morgan fingerprint density at radius 1 is 1.56 bits per heavy atom. The lowest BCUT2D eigenvalue weighted by Gasteiger charge is -2.11. The smallest absolute Gasteiger partial charge is 0.246 e. The van der Waals surface area contributed by atoms with E-state index in [0.717, 1.165) is 6.92 Å². The van der Waals surface area contributed by atoms with E-state index in [1.807, 2.05) is 0 Å². The Labute approximate surface area is 60.0 Å². The summed E-state index contributed by atoms with van der Waals surface area (Å²) < 4.78 is 23.8. The second kappa shape index (κ2) is 4.01. The van der Waals surface area contributed by atoms with Crippen molar-refractivity contribution < 1.29 is 8.78 Å². The third-order valence-electron chi connectivity index (χ3n) is 0.680. The molecule has 0 aliphatic rings. The minimum atomic E-state index is -2.60. The predicted octanol–water partition coefficient (Wildman–Crippen LogP) is 1.80. The molecule has 4 heteroatoms. The van der Waals surface area contributed by atoms with Crippen molar-refractivity contribution in [1.82, 2.24) is 0 Å². The predicted molar refractivity (Wildman–Crippen MR) is 36.1 cm³/mol. The van der Waals surface area contributed by atoms with Gasteiger partial charge in [-0.1, -0.05) is 0 Å². The summed E-state index contributed by atoms with van der Waals surface area (Å²) in [7, 11) is 0. The lowest BCUT2D eigenvalue weighted by atomic mass is 10.2. The fourth-order valence-corrected chi connectivity index (χ4v) is 0.565. The summed E-state index contributed by atoms with van der Waals surface area (Å²) in [5.74, 6) is -2.60. The molecule has 0 aliphatic carbocycles. The first-order valence-corrected chi connectivity index (χ1v) is 2.55. The molecule has 0 spiro atoms. The highest BCUT2D eigenvalue weighted by Crippen LogP contribution is 2.17. The molecule has 1 unspecified atom stereocenters. The molecule has 9 heavy (non-hydrogen) atoms. The Morgan fingerprint density at radius 2 is 1.89 bits per heavy atom. The summed E-state index contributed by atoms with van der Waals surface area (Å²) in [5.41, 5.74) is 5.10. The Kier molecular flexibility index (Phi) is 5.28. The molecule has 0 radical (unpaired) electrons. The van der Waals surface area contributed by atoms with Gasteiger partial charge in [0.25, 0.3) is 0 Å². The van der Waals surface area contributed by atoms with Crippen LogP contribution < -0.4 is 5.73 Å². The van der Waals surface area contributed by atoms with Crippen molar-refractivity contribution in [2.75, 3.05) is 0 Å². The molecule has 1 nitrogen and oxygen atoms in total. The minimum Gasteiger partial charge on any atom is -0.328 e. The molecule has 58 valence electrons. The molecule has 0 saturated carbocycles. The van der Waals surface area contributed by atoms with Crippen LogP contribution in [0.5, 0.6) is 0 Å². The summed E-state index contributed by atoms with van der Waals surface area (Å²) >= 11 is 0. The maximum Gasteiger partial charge on any atom is 0.246 e. The third-order valence-corrected chi connectivity index (χ3v) is 0.680. The molecule has 0 rings (SSSR count). The largest absolute Gasteiger partial charge is 0.328 e. The first-order chi connectivity index (χ1) is 3.42. The van der Waals surface area contributed by atoms with E-state index < -0.39 is 12.0 Å². The topological polar surface area (TPSA) is 26.0 Å². The maximum absolute atomic E-state index is 11.9. The van der Waals surface area contributed by atoms with Crippen LogP contribution in [-0.2, 0) is 0 Å². The average Bonchev–Trinajstić information content (AvgIpc) is 1.21. The SMILES string of the molecule is CC(N)CC(C)(F)F.Cl. The van der Waals surface area contributed by atoms with Crippen LogP contribution in [0.15, 0.2) is 0 Å². The molecule has 1 atom stereocenters. The first-order valence-electron chi connectivity index (χ1n) is 2.55. The zero-order chi connectivity index (χ0) is 6.78. The molecule has 0 aromatic carbocycles. The number of hydrogen-bond acceptors (Lipinski definition) is 1. The van der Waals surface area contributed by atoms with Crippen LogP contribution in [0.3, 0.4) is 0 Å². The van der Waals surface area contributed by atoms with Crippen molar-refractivity contribution in [2.24, 2.45) is 5.73 Å². The number of rotatable bonds is 2. The second-order valence-corrected chi connectivity index (χ2v) is 2.25. The van der Waals surface area contributed by atoms with Crippen LogP contribution in [0.2, 0.25) is 0 Å². The molecular formula is C5H12ClF2N. The van der Waals surface area contributed by atoms with Crippen molar-refractivity contribution in [1.29, 1.82) is 0 Å². The summed E-state index contributed by atoms with van der Waals surface area (Å²) in [5, 5.41) is 0. The summed E-state index contributed by atoms with van der Waals surface area (Å²) in [6.45, 7) is 2.44. The van der Waals surface area contributed by atoms with Gasteiger partial charge in [0.05, 0.1) is 0 Å². The Hall–Kier alpha value is 0.110. The van der Waals surface area contributed by atoms with Gasteiger partial charge in [-0.2, -0.15) is 0 Å². The molecule has 2 N–H and O–H groups in total. The van der Waals surface area contributed by atoms with Crippen molar-refractivity contribution in [3.8, 4) is 0 Å². The molecule has 0 amide bonds. The van der Waals surface area contributed by atoms with Crippen LogP contribution in [0.4, 0.5) is 8.78 Å². The number of hydrogen-bond donors (Lipinski definition) is 1. The molecule has 0 aromatic rings. The van der Waals surface area contributed by atoms with Gasteiger partial charge in [-0.25, -0.2) is 8.78 Å². The van der Waals surface area contributed by atoms with Gasteiger partial charge < -0.3 is 5.73 Å². The highest BCUT2D eigenvalue weighted by atomic mass is 35.5. The van der Waals surface area contributed by atoms with Crippen LogP contribution in [0, 0.1) is 0 Å². The van der Waals surface area contributed by atoms with E-state index >= 15 is 0 Å². The molecule has 0 aliphatic heterocycles. The minimum absolute atomic E-state index is 0. The van der Waals surface area contributed by atoms with E-state index in [1.165, 1.54) is 0 Å². The number of nitrogens with two attached hydrogens (primary N) is 1. The van der Waals surface area contributed by atoms with Crippen LogP contribution in [0.25, 0.3) is 0 Å². The van der Waals surface area contributed by atoms with Crippen LogP contribution >= 0.6 is 12.4 Å².